The number of ether oxygens (including phenoxy) is 1. The van der Waals surface area contributed by atoms with Crippen LogP contribution in [0.25, 0.3) is 0 Å². The molecule has 2 unspecified atom stereocenters. The second-order valence-electron chi connectivity index (χ2n) is 14.4. The van der Waals surface area contributed by atoms with Crippen LogP contribution in [0.4, 0.5) is 0 Å². The summed E-state index contributed by atoms with van der Waals surface area (Å²) in [4.78, 5) is 40.6. The molecule has 4 aliphatic carbocycles. The SMILES string of the molecule is O=C(NN1CCOCC1)c1ccc(CNC(=O)C23CC4CC(CC(C(=O)NCCC(c5ccccc5)c5ccccc5)(C4)C2)C3)cc1. The molecule has 3 amide bonds. The van der Waals surface area contributed by atoms with Crippen molar-refractivity contribution in [1.29, 1.82) is 0 Å². The molecule has 8 nitrogen and oxygen atoms in total. The van der Waals surface area contributed by atoms with Crippen LogP contribution in [0.3, 0.4) is 0 Å². The Hall–Kier alpha value is -4.01. The van der Waals surface area contributed by atoms with Crippen LogP contribution in [0, 0.1) is 22.7 Å². The fourth-order valence-electron chi connectivity index (χ4n) is 9.23. The Morgan fingerprint density at radius 3 is 1.87 bits per heavy atom. The van der Waals surface area contributed by atoms with Crippen molar-refractivity contribution in [3.8, 4) is 0 Å². The minimum atomic E-state index is -0.490. The summed E-state index contributed by atoms with van der Waals surface area (Å²) in [7, 11) is 0. The topological polar surface area (TPSA) is 99.8 Å². The second kappa shape index (κ2) is 13.6. The third-order valence-electron chi connectivity index (χ3n) is 11.1. The molecule has 0 aromatic heterocycles. The molecule has 5 aliphatic rings. The summed E-state index contributed by atoms with van der Waals surface area (Å²) in [5.41, 5.74) is 6.02. The Kier molecular flexibility index (Phi) is 9.15. The molecule has 3 aromatic rings. The van der Waals surface area contributed by atoms with Gasteiger partial charge in [0.25, 0.3) is 5.91 Å². The maximum Gasteiger partial charge on any atom is 0.265 e. The zero-order valence-corrected chi connectivity index (χ0v) is 27.1. The van der Waals surface area contributed by atoms with E-state index in [1.54, 1.807) is 0 Å². The summed E-state index contributed by atoms with van der Waals surface area (Å²) < 4.78 is 5.35. The number of carbonyl (C=O) groups is 3. The Balaban J connectivity index is 0.964. The molecular formula is C39H46N4O4. The van der Waals surface area contributed by atoms with Gasteiger partial charge in [-0.3, -0.25) is 19.8 Å². The van der Waals surface area contributed by atoms with Crippen LogP contribution in [-0.4, -0.2) is 55.6 Å². The van der Waals surface area contributed by atoms with E-state index < -0.39 is 10.8 Å². The standard InChI is InChI=1S/C39H46N4O4/c44-35(42-43-17-19-47-20-18-43)33-13-11-28(12-14-33)26-41-37(46)39-24-29-21-30(25-39)23-38(22-29,27-39)36(45)40-16-15-34(31-7-3-1-4-8-31)32-9-5-2-6-10-32/h1-14,29-30,34H,15-27H2,(H,40,45)(H,41,46)(H,42,44). The molecular weight excluding hydrogens is 588 g/mol. The summed E-state index contributed by atoms with van der Waals surface area (Å²) >= 11 is 0. The zero-order valence-electron chi connectivity index (χ0n) is 27.1. The second-order valence-corrected chi connectivity index (χ2v) is 14.4. The molecule has 4 bridgehead atoms. The van der Waals surface area contributed by atoms with Gasteiger partial charge in [0.05, 0.1) is 24.0 Å². The van der Waals surface area contributed by atoms with E-state index in [0.29, 0.717) is 63.2 Å². The maximum absolute atomic E-state index is 14.0. The molecule has 3 N–H and O–H groups in total. The van der Waals surface area contributed by atoms with Gasteiger partial charge < -0.3 is 15.4 Å². The number of nitrogens with one attached hydrogen (secondary N) is 3. The van der Waals surface area contributed by atoms with Gasteiger partial charge in [-0.25, -0.2) is 5.01 Å². The Labute approximate surface area is 277 Å². The molecule has 1 heterocycles. The van der Waals surface area contributed by atoms with E-state index in [1.165, 1.54) is 11.1 Å². The maximum atomic E-state index is 14.0. The number of carbonyl (C=O) groups excluding carboxylic acids is 3. The number of hydrazine groups is 1. The van der Waals surface area contributed by atoms with Gasteiger partial charge in [0.15, 0.2) is 0 Å². The molecule has 47 heavy (non-hydrogen) atoms. The Bertz CT molecular complexity index is 1500. The van der Waals surface area contributed by atoms with Crippen LogP contribution >= 0.6 is 0 Å². The third kappa shape index (κ3) is 6.85. The molecule has 0 spiro atoms. The van der Waals surface area contributed by atoms with Crippen LogP contribution in [0.5, 0.6) is 0 Å². The average molecular weight is 635 g/mol. The van der Waals surface area contributed by atoms with E-state index in [9.17, 15) is 14.4 Å². The number of amides is 3. The first-order valence-electron chi connectivity index (χ1n) is 17.3. The van der Waals surface area contributed by atoms with Gasteiger partial charge in [0.1, 0.15) is 0 Å². The predicted octanol–water partition coefficient (Wildman–Crippen LogP) is 5.20. The van der Waals surface area contributed by atoms with E-state index in [1.807, 2.05) is 41.4 Å². The van der Waals surface area contributed by atoms with Crippen molar-refractivity contribution < 1.29 is 19.1 Å². The molecule has 8 heteroatoms. The number of morpholine rings is 1. The average Bonchev–Trinajstić information content (AvgIpc) is 3.10. The monoisotopic (exact) mass is 634 g/mol. The summed E-state index contributed by atoms with van der Waals surface area (Å²) in [6, 6.07) is 28.5. The van der Waals surface area contributed by atoms with E-state index in [2.05, 4.69) is 64.6 Å². The Morgan fingerprint density at radius 2 is 1.30 bits per heavy atom. The van der Waals surface area contributed by atoms with Crippen LogP contribution in [0.1, 0.15) is 77.9 Å². The predicted molar refractivity (Wildman–Crippen MR) is 180 cm³/mol. The van der Waals surface area contributed by atoms with Crippen molar-refractivity contribution in [1.82, 2.24) is 21.1 Å². The van der Waals surface area contributed by atoms with Gasteiger partial charge in [0.2, 0.25) is 11.8 Å². The van der Waals surface area contributed by atoms with Crippen molar-refractivity contribution in [3.05, 3.63) is 107 Å². The molecule has 1 saturated heterocycles. The molecule has 246 valence electrons. The van der Waals surface area contributed by atoms with Gasteiger partial charge in [0, 0.05) is 37.7 Å². The lowest BCUT2D eigenvalue weighted by atomic mass is 9.43. The quantitative estimate of drug-likeness (QED) is 0.269. The highest BCUT2D eigenvalue weighted by Crippen LogP contribution is 2.65. The fourth-order valence-corrected chi connectivity index (χ4v) is 9.23. The minimum Gasteiger partial charge on any atom is -0.379 e. The van der Waals surface area contributed by atoms with Gasteiger partial charge in [-0.2, -0.15) is 0 Å². The fraction of sp³-hybridized carbons (Fsp3) is 0.462. The van der Waals surface area contributed by atoms with Gasteiger partial charge >= 0.3 is 0 Å². The normalized spacial score (nSPS) is 26.6. The lowest BCUT2D eigenvalue weighted by Crippen LogP contribution is -2.61. The first-order chi connectivity index (χ1) is 22.9. The van der Waals surface area contributed by atoms with Crippen LogP contribution in [-0.2, 0) is 20.9 Å². The lowest BCUT2D eigenvalue weighted by molar-refractivity contribution is -0.167. The number of hydrogen-bond donors (Lipinski definition) is 3. The summed E-state index contributed by atoms with van der Waals surface area (Å²) in [5, 5.41) is 8.46. The van der Waals surface area contributed by atoms with Crippen LogP contribution in [0.15, 0.2) is 84.9 Å². The highest BCUT2D eigenvalue weighted by atomic mass is 16.5. The highest BCUT2D eigenvalue weighted by Gasteiger charge is 2.62. The van der Waals surface area contributed by atoms with Crippen LogP contribution in [0.2, 0.25) is 0 Å². The zero-order chi connectivity index (χ0) is 32.3. The van der Waals surface area contributed by atoms with Crippen molar-refractivity contribution in [2.45, 2.75) is 57.4 Å². The number of nitrogens with zero attached hydrogens (tertiary/aromatic N) is 1. The van der Waals surface area contributed by atoms with Crippen molar-refractivity contribution in [3.63, 3.8) is 0 Å². The minimum absolute atomic E-state index is 0.0751. The first-order valence-corrected chi connectivity index (χ1v) is 17.3. The molecule has 3 aromatic carbocycles. The number of rotatable bonds is 11. The largest absolute Gasteiger partial charge is 0.379 e. The highest BCUT2D eigenvalue weighted by molar-refractivity contribution is 5.94. The van der Waals surface area contributed by atoms with Gasteiger partial charge in [-0.15, -0.1) is 0 Å². The van der Waals surface area contributed by atoms with E-state index in [4.69, 9.17) is 4.74 Å². The summed E-state index contributed by atoms with van der Waals surface area (Å²) in [6.07, 6.45) is 6.10. The smallest absolute Gasteiger partial charge is 0.265 e. The molecule has 0 radical (unpaired) electrons. The van der Waals surface area contributed by atoms with Crippen LogP contribution < -0.4 is 16.1 Å². The lowest BCUT2D eigenvalue weighted by Gasteiger charge is -2.60. The van der Waals surface area contributed by atoms with E-state index in [-0.39, 0.29) is 23.6 Å². The summed E-state index contributed by atoms with van der Waals surface area (Å²) in [5.74, 6) is 1.10. The van der Waals surface area contributed by atoms with Gasteiger partial charge in [-0.1, -0.05) is 72.8 Å². The van der Waals surface area contributed by atoms with E-state index >= 15 is 0 Å². The van der Waals surface area contributed by atoms with Crippen molar-refractivity contribution >= 4 is 17.7 Å². The Morgan fingerprint density at radius 1 is 0.745 bits per heavy atom. The molecule has 5 fully saturated rings. The first kappa shape index (κ1) is 31.6. The van der Waals surface area contributed by atoms with Crippen molar-refractivity contribution in [2.75, 3.05) is 32.8 Å². The van der Waals surface area contributed by atoms with E-state index in [0.717, 1.165) is 44.1 Å². The van der Waals surface area contributed by atoms with Gasteiger partial charge in [-0.05, 0) is 85.6 Å². The molecule has 1 aliphatic heterocycles. The third-order valence-corrected chi connectivity index (χ3v) is 11.1. The molecule has 8 rings (SSSR count). The number of hydrogen-bond acceptors (Lipinski definition) is 5. The molecule has 2 atom stereocenters. The molecule has 4 saturated carbocycles. The summed E-state index contributed by atoms with van der Waals surface area (Å²) in [6.45, 7) is 3.57. The van der Waals surface area contributed by atoms with Crippen molar-refractivity contribution in [2.24, 2.45) is 22.7 Å². The number of benzene rings is 3.